The lowest BCUT2D eigenvalue weighted by atomic mass is 9.91. The number of fused-ring (bicyclic) bond motifs is 2. The average molecular weight is 561 g/mol. The summed E-state index contributed by atoms with van der Waals surface area (Å²) in [6.45, 7) is 0. The molecule has 0 fully saturated rings. The van der Waals surface area contributed by atoms with Gasteiger partial charge < -0.3 is 10.6 Å². The molecule has 0 saturated carbocycles. The Morgan fingerprint density at radius 2 is 0.975 bits per heavy atom. The van der Waals surface area contributed by atoms with Gasteiger partial charge in [0.05, 0.1) is 10.1 Å². The van der Waals surface area contributed by atoms with E-state index < -0.39 is 0 Å². The van der Waals surface area contributed by atoms with E-state index >= 15 is 0 Å². The molecule has 0 aromatic heterocycles. The van der Waals surface area contributed by atoms with Crippen LogP contribution in [0.1, 0.15) is 0 Å². The first-order valence-electron chi connectivity index (χ1n) is 12.7. The SMILES string of the molecule is O=C1C(Cl)=CC=C/C1=C/Nc1ccc2ccccc2c1-c1c(N/C=C2/C=CC=C(Cl)C2=O)ccc2ccccc12. The highest BCUT2D eigenvalue weighted by Crippen LogP contribution is 2.44. The Labute approximate surface area is 241 Å². The predicted octanol–water partition coefficient (Wildman–Crippen LogP) is 8.77. The molecule has 0 aliphatic heterocycles. The summed E-state index contributed by atoms with van der Waals surface area (Å²) in [4.78, 5) is 25.2. The maximum Gasteiger partial charge on any atom is 0.205 e. The van der Waals surface area contributed by atoms with Crippen molar-refractivity contribution in [1.82, 2.24) is 0 Å². The number of allylic oxidation sites excluding steroid dienone is 10. The zero-order valence-corrected chi connectivity index (χ0v) is 22.6. The van der Waals surface area contributed by atoms with Crippen LogP contribution < -0.4 is 10.6 Å². The number of Topliss-reactive ketones (excluding diaryl/α,β-unsaturated/α-hetero) is 2. The summed E-state index contributed by atoms with van der Waals surface area (Å²) in [5.41, 5.74) is 4.43. The molecule has 0 radical (unpaired) electrons. The minimum absolute atomic E-state index is 0.170. The largest absolute Gasteiger partial charge is 0.360 e. The van der Waals surface area contributed by atoms with E-state index in [-0.39, 0.29) is 21.6 Å². The van der Waals surface area contributed by atoms with Crippen LogP contribution in [0.15, 0.2) is 143 Å². The quantitative estimate of drug-likeness (QED) is 0.239. The summed E-state index contributed by atoms with van der Waals surface area (Å²) < 4.78 is 0. The molecule has 4 aromatic carbocycles. The Bertz CT molecular complexity index is 1770. The van der Waals surface area contributed by atoms with Gasteiger partial charge >= 0.3 is 0 Å². The number of hydrogen-bond acceptors (Lipinski definition) is 4. The second-order valence-electron chi connectivity index (χ2n) is 9.31. The summed E-state index contributed by atoms with van der Waals surface area (Å²) in [6.07, 6.45) is 13.5. The Morgan fingerprint density at radius 3 is 1.43 bits per heavy atom. The van der Waals surface area contributed by atoms with Crippen molar-refractivity contribution in [1.29, 1.82) is 0 Å². The molecule has 0 atom stereocenters. The molecule has 2 N–H and O–H groups in total. The van der Waals surface area contributed by atoms with Crippen molar-refractivity contribution in [3.05, 3.63) is 143 Å². The van der Waals surface area contributed by atoms with Crippen LogP contribution in [0.4, 0.5) is 11.4 Å². The summed E-state index contributed by atoms with van der Waals surface area (Å²) in [5.74, 6) is -0.480. The predicted molar refractivity (Wildman–Crippen MR) is 166 cm³/mol. The highest BCUT2D eigenvalue weighted by molar-refractivity contribution is 6.46. The Hall–Kier alpha value is -4.64. The molecule has 40 heavy (non-hydrogen) atoms. The van der Waals surface area contributed by atoms with Crippen LogP contribution in [0.25, 0.3) is 32.7 Å². The first-order valence-corrected chi connectivity index (χ1v) is 13.4. The fourth-order valence-electron chi connectivity index (χ4n) is 4.91. The summed E-state index contributed by atoms with van der Waals surface area (Å²) in [7, 11) is 0. The topological polar surface area (TPSA) is 58.2 Å². The van der Waals surface area contributed by atoms with Gasteiger partial charge in [0.15, 0.2) is 0 Å². The van der Waals surface area contributed by atoms with Gasteiger partial charge in [0.2, 0.25) is 11.6 Å². The summed E-state index contributed by atoms with van der Waals surface area (Å²) in [6, 6.07) is 24.4. The van der Waals surface area contributed by atoms with Crippen molar-refractivity contribution in [3.63, 3.8) is 0 Å². The molecule has 6 heteroatoms. The monoisotopic (exact) mass is 560 g/mol. The lowest BCUT2D eigenvalue weighted by Crippen LogP contribution is -2.07. The van der Waals surface area contributed by atoms with Crippen molar-refractivity contribution in [2.45, 2.75) is 0 Å². The Balaban J connectivity index is 1.55. The molecule has 2 aliphatic carbocycles. The molecule has 0 amide bonds. The zero-order valence-electron chi connectivity index (χ0n) is 21.1. The molecule has 0 heterocycles. The van der Waals surface area contributed by atoms with E-state index in [1.54, 1.807) is 48.9 Å². The van der Waals surface area contributed by atoms with Crippen molar-refractivity contribution in [2.75, 3.05) is 10.6 Å². The van der Waals surface area contributed by atoms with Gasteiger partial charge in [0.25, 0.3) is 0 Å². The number of nitrogens with one attached hydrogen (secondary N) is 2. The first kappa shape index (κ1) is 25.6. The molecule has 0 unspecified atom stereocenters. The van der Waals surface area contributed by atoms with Gasteiger partial charge in [-0.3, -0.25) is 9.59 Å². The molecule has 194 valence electrons. The van der Waals surface area contributed by atoms with E-state index in [4.69, 9.17) is 23.2 Å². The third-order valence-electron chi connectivity index (χ3n) is 6.87. The van der Waals surface area contributed by atoms with Gasteiger partial charge in [-0.1, -0.05) is 96.0 Å². The van der Waals surface area contributed by atoms with Crippen molar-refractivity contribution in [2.24, 2.45) is 0 Å². The number of carbonyl (C=O) groups excluding carboxylic acids is 2. The number of halogens is 2. The summed E-state index contributed by atoms with van der Waals surface area (Å²) >= 11 is 12.2. The molecule has 0 spiro atoms. The molecular weight excluding hydrogens is 539 g/mol. The van der Waals surface area contributed by atoms with Crippen LogP contribution >= 0.6 is 23.2 Å². The van der Waals surface area contributed by atoms with E-state index in [0.717, 1.165) is 44.0 Å². The minimum atomic E-state index is -0.240. The smallest absolute Gasteiger partial charge is 0.205 e. The number of anilines is 2. The van der Waals surface area contributed by atoms with Crippen LogP contribution in [0.2, 0.25) is 0 Å². The second kappa shape index (κ2) is 10.9. The Kier molecular flexibility index (Phi) is 6.95. The second-order valence-corrected chi connectivity index (χ2v) is 10.1. The van der Waals surface area contributed by atoms with Crippen LogP contribution in [0, 0.1) is 0 Å². The maximum absolute atomic E-state index is 12.6. The van der Waals surface area contributed by atoms with Gasteiger partial charge in [-0.25, -0.2) is 0 Å². The average Bonchev–Trinajstić information content (AvgIpc) is 2.98. The molecule has 0 saturated heterocycles. The van der Waals surface area contributed by atoms with Crippen LogP contribution in [-0.2, 0) is 9.59 Å². The van der Waals surface area contributed by atoms with Crippen molar-refractivity contribution < 1.29 is 9.59 Å². The van der Waals surface area contributed by atoms with Gasteiger partial charge in [0.1, 0.15) is 0 Å². The van der Waals surface area contributed by atoms with Gasteiger partial charge in [-0.2, -0.15) is 0 Å². The first-order chi connectivity index (χ1) is 19.5. The standard InChI is InChI=1S/C34H22Cl2N2O2/c35-27-13-5-9-23(33(27)39)19-37-29-17-15-21-7-1-3-11-25(21)31(29)32-26-12-4-2-8-22(26)16-18-30(32)38-20-24-10-6-14-28(36)34(24)40/h1-20,37-38H/b23-19-,24-20-. The summed E-state index contributed by atoms with van der Waals surface area (Å²) in [5, 5.41) is 11.3. The van der Waals surface area contributed by atoms with Gasteiger partial charge in [-0.15, -0.1) is 0 Å². The van der Waals surface area contributed by atoms with Gasteiger partial charge in [-0.05, 0) is 58.0 Å². The van der Waals surface area contributed by atoms with Crippen LogP contribution in [-0.4, -0.2) is 11.6 Å². The molecule has 4 aromatic rings. The van der Waals surface area contributed by atoms with Crippen molar-refractivity contribution >= 4 is 67.7 Å². The molecule has 4 nitrogen and oxygen atoms in total. The zero-order chi connectivity index (χ0) is 27.6. The van der Waals surface area contributed by atoms with Crippen LogP contribution in [0.5, 0.6) is 0 Å². The highest BCUT2D eigenvalue weighted by atomic mass is 35.5. The normalized spacial score (nSPS) is 17.1. The number of hydrogen-bond donors (Lipinski definition) is 2. The highest BCUT2D eigenvalue weighted by Gasteiger charge is 2.19. The van der Waals surface area contributed by atoms with Crippen LogP contribution in [0.3, 0.4) is 0 Å². The molecule has 0 bridgehead atoms. The van der Waals surface area contributed by atoms with Gasteiger partial charge in [0, 0.05) is 46.0 Å². The lowest BCUT2D eigenvalue weighted by Gasteiger charge is -2.20. The van der Waals surface area contributed by atoms with Crippen molar-refractivity contribution in [3.8, 4) is 11.1 Å². The third kappa shape index (κ3) is 4.79. The number of carbonyl (C=O) groups is 2. The molecule has 2 aliphatic rings. The van der Waals surface area contributed by atoms with E-state index in [1.165, 1.54) is 0 Å². The fraction of sp³-hybridized carbons (Fsp3) is 0. The van der Waals surface area contributed by atoms with E-state index in [2.05, 4.69) is 34.9 Å². The molecular formula is C34H22Cl2N2O2. The molecule has 6 rings (SSSR count). The number of benzene rings is 4. The third-order valence-corrected chi connectivity index (χ3v) is 7.46. The Morgan fingerprint density at radius 1 is 0.550 bits per heavy atom. The number of ketones is 2. The lowest BCUT2D eigenvalue weighted by molar-refractivity contribution is -0.112. The van der Waals surface area contributed by atoms with E-state index in [9.17, 15) is 9.59 Å². The number of rotatable bonds is 5. The van der Waals surface area contributed by atoms with E-state index in [1.807, 2.05) is 48.5 Å². The maximum atomic E-state index is 12.6. The van der Waals surface area contributed by atoms with E-state index in [0.29, 0.717) is 11.1 Å². The fourth-order valence-corrected chi connectivity index (χ4v) is 5.28. The minimum Gasteiger partial charge on any atom is -0.360 e.